The topological polar surface area (TPSA) is 49.0 Å². The molecule has 0 bridgehead atoms. The summed E-state index contributed by atoms with van der Waals surface area (Å²) in [6, 6.07) is 4.19. The molecule has 0 radical (unpaired) electrons. The van der Waals surface area contributed by atoms with Gasteiger partial charge in [-0.3, -0.25) is 4.79 Å². The largest absolute Gasteiger partial charge is 0.343 e. The van der Waals surface area contributed by atoms with E-state index in [1.165, 1.54) is 22.9 Å². The Labute approximate surface area is 124 Å². The normalized spacial score (nSPS) is 11.0. The molecule has 1 aromatic heterocycles. The van der Waals surface area contributed by atoms with Crippen molar-refractivity contribution in [1.82, 2.24) is 14.9 Å². The van der Waals surface area contributed by atoms with Crippen molar-refractivity contribution < 1.29 is 4.79 Å². The van der Waals surface area contributed by atoms with Gasteiger partial charge < -0.3 is 9.88 Å². The fourth-order valence-corrected chi connectivity index (χ4v) is 2.90. The number of aromatic nitrogens is 2. The molecule has 0 unspecified atom stereocenters. The van der Waals surface area contributed by atoms with E-state index in [1.807, 2.05) is 18.7 Å². The van der Waals surface area contributed by atoms with Crippen LogP contribution in [0.4, 0.5) is 0 Å². The fraction of sp³-hybridized carbons (Fsp3) is 0.467. The second-order valence-electron chi connectivity index (χ2n) is 4.85. The monoisotopic (exact) mass is 291 g/mol. The molecule has 108 valence electrons. The lowest BCUT2D eigenvalue weighted by Crippen LogP contribution is -2.31. The quantitative estimate of drug-likeness (QED) is 0.861. The summed E-state index contributed by atoms with van der Waals surface area (Å²) in [5.74, 6) is 0.590. The maximum Gasteiger partial charge on any atom is 0.233 e. The van der Waals surface area contributed by atoms with E-state index in [-0.39, 0.29) is 5.91 Å². The maximum absolute atomic E-state index is 12.0. The Morgan fingerprint density at radius 2 is 1.90 bits per heavy atom. The number of thioether (sulfide) groups is 1. The Kier molecular flexibility index (Phi) is 4.70. The van der Waals surface area contributed by atoms with Gasteiger partial charge in [0.2, 0.25) is 5.91 Å². The minimum absolute atomic E-state index is 0.160. The van der Waals surface area contributed by atoms with Crippen LogP contribution < -0.4 is 0 Å². The van der Waals surface area contributed by atoms with Crippen molar-refractivity contribution in [3.8, 4) is 0 Å². The second kappa shape index (κ2) is 6.31. The van der Waals surface area contributed by atoms with Crippen LogP contribution in [0.2, 0.25) is 0 Å². The lowest BCUT2D eigenvalue weighted by Gasteiger charge is -2.17. The number of aromatic amines is 1. The Hall–Kier alpha value is -1.49. The van der Waals surface area contributed by atoms with Crippen LogP contribution in [0.15, 0.2) is 17.3 Å². The first kappa shape index (κ1) is 14.9. The molecule has 5 heteroatoms. The van der Waals surface area contributed by atoms with E-state index in [2.05, 4.69) is 35.9 Å². The molecule has 0 spiro atoms. The SMILES string of the molecule is CCN(CC)C(=O)CSc1nc2cc(C)c(C)cc2[nH]1. The maximum atomic E-state index is 12.0. The van der Waals surface area contributed by atoms with Gasteiger partial charge in [-0.15, -0.1) is 0 Å². The Balaban J connectivity index is 2.09. The fourth-order valence-electron chi connectivity index (χ4n) is 2.11. The van der Waals surface area contributed by atoms with Gasteiger partial charge in [0.25, 0.3) is 0 Å². The van der Waals surface area contributed by atoms with Crippen molar-refractivity contribution in [2.45, 2.75) is 32.9 Å². The number of nitrogens with zero attached hydrogens (tertiary/aromatic N) is 2. The smallest absolute Gasteiger partial charge is 0.233 e. The summed E-state index contributed by atoms with van der Waals surface area (Å²) in [6.45, 7) is 9.69. The number of nitrogens with one attached hydrogen (secondary N) is 1. The zero-order chi connectivity index (χ0) is 14.7. The number of H-pyrrole nitrogens is 1. The summed E-state index contributed by atoms with van der Waals surface area (Å²) >= 11 is 1.47. The van der Waals surface area contributed by atoms with Crippen molar-refractivity contribution >= 4 is 28.7 Å². The highest BCUT2D eigenvalue weighted by Gasteiger charge is 2.12. The van der Waals surface area contributed by atoms with Gasteiger partial charge in [-0.1, -0.05) is 11.8 Å². The Morgan fingerprint density at radius 1 is 1.25 bits per heavy atom. The van der Waals surface area contributed by atoms with E-state index < -0.39 is 0 Å². The highest BCUT2D eigenvalue weighted by atomic mass is 32.2. The van der Waals surface area contributed by atoms with E-state index in [0.29, 0.717) is 5.75 Å². The van der Waals surface area contributed by atoms with Gasteiger partial charge in [0.15, 0.2) is 5.16 Å². The molecular formula is C15H21N3OS. The Morgan fingerprint density at radius 3 is 2.55 bits per heavy atom. The predicted molar refractivity (Wildman–Crippen MR) is 84.2 cm³/mol. The number of rotatable bonds is 5. The zero-order valence-electron chi connectivity index (χ0n) is 12.5. The van der Waals surface area contributed by atoms with Crippen molar-refractivity contribution in [1.29, 1.82) is 0 Å². The highest BCUT2D eigenvalue weighted by molar-refractivity contribution is 7.99. The molecule has 1 N–H and O–H groups in total. The van der Waals surface area contributed by atoms with Gasteiger partial charge in [0.05, 0.1) is 16.8 Å². The van der Waals surface area contributed by atoms with E-state index in [1.54, 1.807) is 0 Å². The number of imidazole rings is 1. The molecule has 0 aliphatic carbocycles. The second-order valence-corrected chi connectivity index (χ2v) is 5.81. The zero-order valence-corrected chi connectivity index (χ0v) is 13.3. The lowest BCUT2D eigenvalue weighted by molar-refractivity contribution is -0.127. The van der Waals surface area contributed by atoms with E-state index >= 15 is 0 Å². The first-order chi connectivity index (χ1) is 9.55. The van der Waals surface area contributed by atoms with Crippen LogP contribution in [-0.4, -0.2) is 39.6 Å². The van der Waals surface area contributed by atoms with Crippen LogP contribution in [0, 0.1) is 13.8 Å². The Bertz CT molecular complexity index is 578. The van der Waals surface area contributed by atoms with Gasteiger partial charge in [0.1, 0.15) is 0 Å². The van der Waals surface area contributed by atoms with Gasteiger partial charge in [0, 0.05) is 13.1 Å². The van der Waals surface area contributed by atoms with Crippen LogP contribution >= 0.6 is 11.8 Å². The van der Waals surface area contributed by atoms with Gasteiger partial charge in [-0.05, 0) is 51.0 Å². The van der Waals surface area contributed by atoms with Gasteiger partial charge >= 0.3 is 0 Å². The average Bonchev–Trinajstić information content (AvgIpc) is 2.80. The number of hydrogen-bond acceptors (Lipinski definition) is 3. The van der Waals surface area contributed by atoms with Crippen LogP contribution in [0.1, 0.15) is 25.0 Å². The molecule has 1 aromatic carbocycles. The number of benzene rings is 1. The molecule has 0 aliphatic heterocycles. The van der Waals surface area contributed by atoms with Crippen LogP contribution in [0.25, 0.3) is 11.0 Å². The third-order valence-corrected chi connectivity index (χ3v) is 4.38. The number of aryl methyl sites for hydroxylation is 2. The molecule has 0 saturated heterocycles. The summed E-state index contributed by atoms with van der Waals surface area (Å²) < 4.78 is 0. The predicted octanol–water partition coefficient (Wildman–Crippen LogP) is 3.14. The number of amides is 1. The number of fused-ring (bicyclic) bond motifs is 1. The van der Waals surface area contributed by atoms with E-state index in [0.717, 1.165) is 29.3 Å². The molecule has 1 amide bonds. The van der Waals surface area contributed by atoms with Crippen molar-refractivity contribution in [2.75, 3.05) is 18.8 Å². The third kappa shape index (κ3) is 3.15. The van der Waals surface area contributed by atoms with E-state index in [4.69, 9.17) is 0 Å². The van der Waals surface area contributed by atoms with Crippen LogP contribution in [0.5, 0.6) is 0 Å². The molecule has 0 atom stereocenters. The molecule has 2 aromatic rings. The van der Waals surface area contributed by atoms with Gasteiger partial charge in [-0.25, -0.2) is 4.98 Å². The summed E-state index contributed by atoms with van der Waals surface area (Å²) in [4.78, 5) is 21.6. The molecule has 2 rings (SSSR count). The molecule has 4 nitrogen and oxygen atoms in total. The van der Waals surface area contributed by atoms with E-state index in [9.17, 15) is 4.79 Å². The van der Waals surface area contributed by atoms with Crippen molar-refractivity contribution in [2.24, 2.45) is 0 Å². The molecule has 0 fully saturated rings. The van der Waals surface area contributed by atoms with Gasteiger partial charge in [-0.2, -0.15) is 0 Å². The number of hydrogen-bond donors (Lipinski definition) is 1. The third-order valence-electron chi connectivity index (χ3n) is 3.52. The summed E-state index contributed by atoms with van der Waals surface area (Å²) in [7, 11) is 0. The summed E-state index contributed by atoms with van der Waals surface area (Å²) in [5.41, 5.74) is 4.48. The first-order valence-electron chi connectivity index (χ1n) is 6.92. The average molecular weight is 291 g/mol. The number of carbonyl (C=O) groups is 1. The molecule has 0 saturated carbocycles. The molecule has 1 heterocycles. The van der Waals surface area contributed by atoms with Crippen molar-refractivity contribution in [3.05, 3.63) is 23.3 Å². The molecular weight excluding hydrogens is 270 g/mol. The highest BCUT2D eigenvalue weighted by Crippen LogP contribution is 2.22. The molecule has 20 heavy (non-hydrogen) atoms. The minimum atomic E-state index is 0.160. The number of carbonyl (C=O) groups excluding carboxylic acids is 1. The summed E-state index contributed by atoms with van der Waals surface area (Å²) in [5, 5.41) is 0.811. The van der Waals surface area contributed by atoms with Crippen LogP contribution in [-0.2, 0) is 4.79 Å². The summed E-state index contributed by atoms with van der Waals surface area (Å²) in [6.07, 6.45) is 0. The lowest BCUT2D eigenvalue weighted by atomic mass is 10.1. The standard InChI is InChI=1S/C15H21N3OS/c1-5-18(6-2)14(19)9-20-15-16-12-7-10(3)11(4)8-13(12)17-15/h7-8H,5-6,9H2,1-4H3,(H,16,17). The van der Waals surface area contributed by atoms with Crippen molar-refractivity contribution in [3.63, 3.8) is 0 Å². The molecule has 0 aliphatic rings. The van der Waals surface area contributed by atoms with Crippen LogP contribution in [0.3, 0.4) is 0 Å². The minimum Gasteiger partial charge on any atom is -0.343 e. The first-order valence-corrected chi connectivity index (χ1v) is 7.91.